The van der Waals surface area contributed by atoms with E-state index in [0.29, 0.717) is 0 Å². The second kappa shape index (κ2) is 7.02. The molecule has 5 rings (SSSR count). The SMILES string of the molecule is Cc1ccc(-c2ccccn2)cc1-c1n(-c2ccccc2)c2ccccc2[n+]1C. The van der Waals surface area contributed by atoms with E-state index < -0.39 is 0 Å². The van der Waals surface area contributed by atoms with Gasteiger partial charge in [0.1, 0.15) is 5.69 Å². The van der Waals surface area contributed by atoms with Crippen molar-refractivity contribution in [3.05, 3.63) is 103 Å². The minimum Gasteiger partial charge on any atom is -0.256 e. The molecule has 29 heavy (non-hydrogen) atoms. The minimum absolute atomic E-state index is 0.985. The monoisotopic (exact) mass is 376 g/mol. The molecule has 0 aliphatic carbocycles. The number of benzene rings is 3. The Bertz CT molecular complexity index is 1300. The van der Waals surface area contributed by atoms with Crippen molar-refractivity contribution in [1.82, 2.24) is 9.55 Å². The van der Waals surface area contributed by atoms with E-state index in [9.17, 15) is 0 Å². The van der Waals surface area contributed by atoms with E-state index in [2.05, 4.69) is 107 Å². The third-order valence-electron chi connectivity index (χ3n) is 5.47. The predicted octanol–water partition coefficient (Wildman–Crippen LogP) is 5.49. The summed E-state index contributed by atoms with van der Waals surface area (Å²) in [5.74, 6) is 1.16. The lowest BCUT2D eigenvalue weighted by Crippen LogP contribution is -2.30. The van der Waals surface area contributed by atoms with E-state index in [0.717, 1.165) is 22.8 Å². The zero-order chi connectivity index (χ0) is 19.8. The molecular formula is C26H22N3+. The van der Waals surface area contributed by atoms with Crippen LogP contribution < -0.4 is 4.57 Å². The van der Waals surface area contributed by atoms with Gasteiger partial charge in [0.05, 0.1) is 18.3 Å². The molecule has 0 bridgehead atoms. The summed E-state index contributed by atoms with van der Waals surface area (Å²) in [6.45, 7) is 2.17. The number of fused-ring (bicyclic) bond motifs is 1. The van der Waals surface area contributed by atoms with Gasteiger partial charge >= 0.3 is 0 Å². The molecule has 0 amide bonds. The van der Waals surface area contributed by atoms with Crippen LogP contribution >= 0.6 is 0 Å². The fraction of sp³-hybridized carbons (Fsp3) is 0.0769. The second-order valence-electron chi connectivity index (χ2n) is 7.29. The summed E-state index contributed by atoms with van der Waals surface area (Å²) in [6.07, 6.45) is 1.84. The average Bonchev–Trinajstić information content (AvgIpc) is 3.08. The molecule has 0 atom stereocenters. The molecule has 0 fully saturated rings. The first-order chi connectivity index (χ1) is 14.2. The normalized spacial score (nSPS) is 11.1. The van der Waals surface area contributed by atoms with E-state index in [1.807, 2.05) is 18.3 Å². The molecule has 0 unspecified atom stereocenters. The Morgan fingerprint density at radius 1 is 0.793 bits per heavy atom. The molecule has 0 spiro atoms. The first-order valence-electron chi connectivity index (χ1n) is 9.81. The summed E-state index contributed by atoms with van der Waals surface area (Å²) in [6, 6.07) is 31.7. The van der Waals surface area contributed by atoms with Crippen molar-refractivity contribution in [1.29, 1.82) is 0 Å². The van der Waals surface area contributed by atoms with Crippen LogP contribution in [0.5, 0.6) is 0 Å². The van der Waals surface area contributed by atoms with Gasteiger partial charge in [0, 0.05) is 11.8 Å². The Morgan fingerprint density at radius 3 is 2.34 bits per heavy atom. The third-order valence-corrected chi connectivity index (χ3v) is 5.47. The van der Waals surface area contributed by atoms with Gasteiger partial charge in [-0.05, 0) is 55.0 Å². The van der Waals surface area contributed by atoms with Gasteiger partial charge in [0.15, 0.2) is 11.0 Å². The third kappa shape index (κ3) is 2.92. The topological polar surface area (TPSA) is 21.7 Å². The average molecular weight is 376 g/mol. The van der Waals surface area contributed by atoms with Gasteiger partial charge in [0.25, 0.3) is 5.82 Å². The molecule has 0 saturated heterocycles. The predicted molar refractivity (Wildman–Crippen MR) is 118 cm³/mol. The molecule has 5 aromatic rings. The highest BCUT2D eigenvalue weighted by Gasteiger charge is 2.27. The lowest BCUT2D eigenvalue weighted by atomic mass is 10.0. The maximum Gasteiger partial charge on any atom is 0.295 e. The summed E-state index contributed by atoms with van der Waals surface area (Å²) < 4.78 is 4.63. The Labute approximate surface area is 170 Å². The first-order valence-corrected chi connectivity index (χ1v) is 9.81. The Balaban J connectivity index is 1.84. The summed E-state index contributed by atoms with van der Waals surface area (Å²) in [5.41, 5.74) is 8.10. The largest absolute Gasteiger partial charge is 0.295 e. The summed E-state index contributed by atoms with van der Waals surface area (Å²) in [5, 5.41) is 0. The molecule has 140 valence electrons. The van der Waals surface area contributed by atoms with Crippen molar-refractivity contribution >= 4 is 11.0 Å². The smallest absolute Gasteiger partial charge is 0.256 e. The molecule has 3 nitrogen and oxygen atoms in total. The highest BCUT2D eigenvalue weighted by atomic mass is 15.2. The van der Waals surface area contributed by atoms with Crippen molar-refractivity contribution < 1.29 is 4.57 Å². The van der Waals surface area contributed by atoms with Gasteiger partial charge in [-0.1, -0.05) is 48.5 Å². The van der Waals surface area contributed by atoms with Gasteiger partial charge < -0.3 is 0 Å². The fourth-order valence-electron chi connectivity index (χ4n) is 4.01. The van der Waals surface area contributed by atoms with Crippen LogP contribution in [-0.4, -0.2) is 9.55 Å². The Morgan fingerprint density at radius 2 is 1.55 bits per heavy atom. The first kappa shape index (κ1) is 17.4. The molecule has 0 aliphatic heterocycles. The number of para-hydroxylation sites is 3. The van der Waals surface area contributed by atoms with Crippen LogP contribution in [0.1, 0.15) is 5.56 Å². The van der Waals surface area contributed by atoms with E-state index in [1.165, 1.54) is 22.2 Å². The highest BCUT2D eigenvalue weighted by Crippen LogP contribution is 2.31. The number of rotatable bonds is 3. The van der Waals surface area contributed by atoms with Crippen LogP contribution in [0, 0.1) is 6.92 Å². The van der Waals surface area contributed by atoms with Crippen LogP contribution in [0.15, 0.2) is 97.2 Å². The highest BCUT2D eigenvalue weighted by molar-refractivity contribution is 5.80. The molecule has 2 heterocycles. The fourth-order valence-corrected chi connectivity index (χ4v) is 4.01. The quantitative estimate of drug-likeness (QED) is 0.382. The molecule has 0 saturated carbocycles. The van der Waals surface area contributed by atoms with E-state index >= 15 is 0 Å². The lowest BCUT2D eigenvalue weighted by Gasteiger charge is -2.09. The van der Waals surface area contributed by atoms with Crippen LogP contribution in [0.2, 0.25) is 0 Å². The van der Waals surface area contributed by atoms with Crippen molar-refractivity contribution in [2.45, 2.75) is 6.92 Å². The molecule has 0 N–H and O–H groups in total. The summed E-state index contributed by atoms with van der Waals surface area (Å²) in [7, 11) is 2.14. The molecule has 3 aromatic carbocycles. The number of imidazole rings is 1. The zero-order valence-corrected chi connectivity index (χ0v) is 16.6. The standard InChI is InChI=1S/C26H22N3/c1-19-15-16-20(23-12-8-9-17-27-23)18-22(19)26-28(2)24-13-6-7-14-25(24)29(26)21-10-4-3-5-11-21/h3-18H,1-2H3/q+1. The van der Waals surface area contributed by atoms with Gasteiger partial charge in [-0.2, -0.15) is 4.57 Å². The van der Waals surface area contributed by atoms with Crippen LogP contribution in [0.25, 0.3) is 39.4 Å². The minimum atomic E-state index is 0.985. The van der Waals surface area contributed by atoms with E-state index in [1.54, 1.807) is 0 Å². The molecule has 0 aliphatic rings. The number of aryl methyl sites for hydroxylation is 2. The van der Waals surface area contributed by atoms with Crippen LogP contribution in [-0.2, 0) is 7.05 Å². The van der Waals surface area contributed by atoms with Gasteiger partial charge in [-0.3, -0.25) is 4.98 Å². The molecule has 3 heteroatoms. The van der Waals surface area contributed by atoms with E-state index in [4.69, 9.17) is 0 Å². The van der Waals surface area contributed by atoms with E-state index in [-0.39, 0.29) is 0 Å². The van der Waals surface area contributed by atoms with Crippen molar-refractivity contribution in [3.8, 4) is 28.3 Å². The number of nitrogens with zero attached hydrogens (tertiary/aromatic N) is 3. The van der Waals surface area contributed by atoms with Gasteiger partial charge in [0.2, 0.25) is 0 Å². The van der Waals surface area contributed by atoms with Crippen molar-refractivity contribution in [2.24, 2.45) is 7.05 Å². The Kier molecular flexibility index (Phi) is 4.21. The maximum absolute atomic E-state index is 4.55. The maximum atomic E-state index is 4.55. The summed E-state index contributed by atoms with van der Waals surface area (Å²) in [4.78, 5) is 4.55. The van der Waals surface area contributed by atoms with Gasteiger partial charge in [-0.15, -0.1) is 0 Å². The number of pyridine rings is 1. The second-order valence-corrected chi connectivity index (χ2v) is 7.29. The number of hydrogen-bond acceptors (Lipinski definition) is 1. The number of hydrogen-bond donors (Lipinski definition) is 0. The zero-order valence-electron chi connectivity index (χ0n) is 16.6. The number of aromatic nitrogens is 3. The van der Waals surface area contributed by atoms with Crippen LogP contribution in [0.3, 0.4) is 0 Å². The summed E-state index contributed by atoms with van der Waals surface area (Å²) >= 11 is 0. The van der Waals surface area contributed by atoms with Crippen LogP contribution in [0.4, 0.5) is 0 Å². The van der Waals surface area contributed by atoms with Crippen molar-refractivity contribution in [3.63, 3.8) is 0 Å². The van der Waals surface area contributed by atoms with Crippen molar-refractivity contribution in [2.75, 3.05) is 0 Å². The molecular weight excluding hydrogens is 354 g/mol. The molecule has 0 radical (unpaired) electrons. The van der Waals surface area contributed by atoms with Gasteiger partial charge in [-0.25, -0.2) is 4.57 Å². The Hall–Kier alpha value is -3.72. The molecule has 2 aromatic heterocycles. The lowest BCUT2D eigenvalue weighted by molar-refractivity contribution is -0.633.